The maximum absolute atomic E-state index is 11.9. The lowest BCUT2D eigenvalue weighted by molar-refractivity contribution is 0.0941. The summed E-state index contributed by atoms with van der Waals surface area (Å²) in [5.41, 5.74) is 2.55. The van der Waals surface area contributed by atoms with Gasteiger partial charge in [0.25, 0.3) is 5.91 Å². The number of nitrogens with zero attached hydrogens (tertiary/aromatic N) is 1. The highest BCUT2D eigenvalue weighted by molar-refractivity contribution is 7.91. The number of sulfone groups is 1. The molecule has 1 aliphatic rings. The van der Waals surface area contributed by atoms with Gasteiger partial charge in [0.15, 0.2) is 15.7 Å². The highest BCUT2D eigenvalue weighted by Crippen LogP contribution is 2.19. The van der Waals surface area contributed by atoms with Crippen molar-refractivity contribution >= 4 is 33.2 Å². The van der Waals surface area contributed by atoms with Gasteiger partial charge in [-0.05, 0) is 12.5 Å². The molecular formula is C10H13ClN4O3S. The van der Waals surface area contributed by atoms with Crippen molar-refractivity contribution in [1.29, 1.82) is 0 Å². The monoisotopic (exact) mass is 304 g/mol. The van der Waals surface area contributed by atoms with Crippen molar-refractivity contribution in [3.63, 3.8) is 0 Å². The summed E-state index contributed by atoms with van der Waals surface area (Å²) >= 11 is 5.85. The van der Waals surface area contributed by atoms with Crippen LogP contribution in [0.2, 0.25) is 5.02 Å². The van der Waals surface area contributed by atoms with Crippen molar-refractivity contribution in [3.05, 3.63) is 22.8 Å². The highest BCUT2D eigenvalue weighted by atomic mass is 35.5. The van der Waals surface area contributed by atoms with E-state index in [4.69, 9.17) is 17.4 Å². The van der Waals surface area contributed by atoms with Crippen LogP contribution >= 0.6 is 11.6 Å². The van der Waals surface area contributed by atoms with E-state index in [1.54, 1.807) is 0 Å². The lowest BCUT2D eigenvalue weighted by Gasteiger charge is -2.11. The first-order chi connectivity index (χ1) is 8.91. The summed E-state index contributed by atoms with van der Waals surface area (Å²) in [6.45, 7) is 0. The predicted octanol–water partition coefficient (Wildman–Crippen LogP) is -0.0625. The van der Waals surface area contributed by atoms with Crippen LogP contribution in [0, 0.1) is 0 Å². The Hall–Kier alpha value is -1.38. The number of halogens is 1. The van der Waals surface area contributed by atoms with Crippen LogP contribution in [0.5, 0.6) is 0 Å². The largest absolute Gasteiger partial charge is 0.348 e. The molecule has 1 saturated heterocycles. The number of hydrogen-bond donors (Lipinski definition) is 3. The molecular weight excluding hydrogens is 292 g/mol. The van der Waals surface area contributed by atoms with Crippen LogP contribution in [0.1, 0.15) is 16.8 Å². The minimum atomic E-state index is -3.03. The van der Waals surface area contributed by atoms with Gasteiger partial charge in [0, 0.05) is 12.2 Å². The van der Waals surface area contributed by atoms with Crippen molar-refractivity contribution < 1.29 is 13.2 Å². The Bertz CT molecular complexity index is 605. The van der Waals surface area contributed by atoms with Crippen LogP contribution in [-0.4, -0.2) is 36.9 Å². The zero-order valence-electron chi connectivity index (χ0n) is 9.89. The summed E-state index contributed by atoms with van der Waals surface area (Å²) in [5.74, 6) is 5.12. The molecule has 1 unspecified atom stereocenters. The number of amides is 1. The molecule has 0 aromatic carbocycles. The van der Waals surface area contributed by atoms with E-state index in [0.29, 0.717) is 6.42 Å². The Labute approximate surface area is 115 Å². The highest BCUT2D eigenvalue weighted by Gasteiger charge is 2.29. The predicted molar refractivity (Wildman–Crippen MR) is 71.6 cm³/mol. The first-order valence-electron chi connectivity index (χ1n) is 5.55. The quantitative estimate of drug-likeness (QED) is 0.532. The molecule has 1 fully saturated rings. The Kier molecular flexibility index (Phi) is 3.93. The van der Waals surface area contributed by atoms with Crippen LogP contribution in [0.3, 0.4) is 0 Å². The fourth-order valence-electron chi connectivity index (χ4n) is 1.85. The molecule has 1 aromatic heterocycles. The summed E-state index contributed by atoms with van der Waals surface area (Å²) in [5, 5.41) is 2.86. The molecule has 1 atom stereocenters. The van der Waals surface area contributed by atoms with Gasteiger partial charge < -0.3 is 10.7 Å². The average molecular weight is 305 g/mol. The maximum atomic E-state index is 11.9. The normalized spacial score (nSPS) is 21.1. The van der Waals surface area contributed by atoms with E-state index in [-0.39, 0.29) is 34.0 Å². The fourth-order valence-corrected chi connectivity index (χ4v) is 3.74. The molecule has 0 saturated carbocycles. The van der Waals surface area contributed by atoms with Crippen molar-refractivity contribution in [2.24, 2.45) is 5.84 Å². The molecule has 7 nitrogen and oxygen atoms in total. The van der Waals surface area contributed by atoms with Gasteiger partial charge in [0.1, 0.15) is 0 Å². The Morgan fingerprint density at radius 3 is 2.79 bits per heavy atom. The third-order valence-electron chi connectivity index (χ3n) is 2.81. The van der Waals surface area contributed by atoms with E-state index in [1.807, 2.05) is 0 Å². The van der Waals surface area contributed by atoms with Crippen LogP contribution in [0.15, 0.2) is 12.3 Å². The number of nitrogens with two attached hydrogens (primary N) is 1. The van der Waals surface area contributed by atoms with Gasteiger partial charge in [-0.3, -0.25) is 4.79 Å². The molecule has 2 rings (SSSR count). The number of nitrogen functional groups attached to an aromatic ring is 1. The molecule has 0 spiro atoms. The van der Waals surface area contributed by atoms with E-state index in [1.165, 1.54) is 12.3 Å². The minimum absolute atomic E-state index is 0.0255. The number of carbonyl (C=O) groups excluding carboxylic acids is 1. The fraction of sp³-hybridized carbons (Fsp3) is 0.400. The molecule has 1 aliphatic heterocycles. The maximum Gasteiger partial charge on any atom is 0.253 e. The topological polar surface area (TPSA) is 114 Å². The van der Waals surface area contributed by atoms with Crippen LogP contribution in [-0.2, 0) is 9.84 Å². The Balaban J connectivity index is 2.06. The summed E-state index contributed by atoms with van der Waals surface area (Å²) in [4.78, 5) is 15.8. The third kappa shape index (κ3) is 3.34. The third-order valence-corrected chi connectivity index (χ3v) is 4.86. The lowest BCUT2D eigenvalue weighted by Crippen LogP contribution is -2.35. The molecule has 0 aliphatic carbocycles. The summed E-state index contributed by atoms with van der Waals surface area (Å²) < 4.78 is 22.6. The summed E-state index contributed by atoms with van der Waals surface area (Å²) in [6, 6.07) is 1.06. The molecule has 4 N–H and O–H groups in total. The minimum Gasteiger partial charge on any atom is -0.348 e. The van der Waals surface area contributed by atoms with E-state index in [0.717, 1.165) is 0 Å². The molecule has 2 heterocycles. The summed E-state index contributed by atoms with van der Waals surface area (Å²) in [7, 11) is -3.03. The number of carbonyl (C=O) groups is 1. The van der Waals surface area contributed by atoms with Crippen LogP contribution in [0.25, 0.3) is 0 Å². The Morgan fingerprint density at radius 1 is 1.53 bits per heavy atom. The van der Waals surface area contributed by atoms with Gasteiger partial charge in [0.2, 0.25) is 0 Å². The van der Waals surface area contributed by atoms with Gasteiger partial charge in [0.05, 0.1) is 22.1 Å². The van der Waals surface area contributed by atoms with Gasteiger partial charge in [-0.15, -0.1) is 0 Å². The van der Waals surface area contributed by atoms with E-state index >= 15 is 0 Å². The molecule has 0 bridgehead atoms. The smallest absolute Gasteiger partial charge is 0.253 e. The average Bonchev–Trinajstić information content (AvgIpc) is 2.68. The molecule has 1 amide bonds. The number of hydrogen-bond acceptors (Lipinski definition) is 6. The second-order valence-electron chi connectivity index (χ2n) is 4.27. The first kappa shape index (κ1) is 14.0. The molecule has 104 valence electrons. The van der Waals surface area contributed by atoms with E-state index in [2.05, 4.69) is 15.7 Å². The molecule has 1 aromatic rings. The van der Waals surface area contributed by atoms with Gasteiger partial charge in [-0.25, -0.2) is 19.2 Å². The van der Waals surface area contributed by atoms with Crippen molar-refractivity contribution in [2.45, 2.75) is 12.5 Å². The number of hydrazine groups is 1. The van der Waals surface area contributed by atoms with Crippen LogP contribution in [0.4, 0.5) is 5.82 Å². The van der Waals surface area contributed by atoms with Gasteiger partial charge >= 0.3 is 0 Å². The zero-order valence-corrected chi connectivity index (χ0v) is 11.5. The summed E-state index contributed by atoms with van der Waals surface area (Å²) in [6.07, 6.45) is 1.75. The second kappa shape index (κ2) is 5.32. The second-order valence-corrected chi connectivity index (χ2v) is 6.91. The van der Waals surface area contributed by atoms with Gasteiger partial charge in [-0.2, -0.15) is 0 Å². The van der Waals surface area contributed by atoms with Crippen molar-refractivity contribution in [1.82, 2.24) is 10.3 Å². The first-order valence-corrected chi connectivity index (χ1v) is 7.74. The molecule has 9 heteroatoms. The Morgan fingerprint density at radius 2 is 2.26 bits per heavy atom. The van der Waals surface area contributed by atoms with E-state index < -0.39 is 15.7 Å². The molecule has 19 heavy (non-hydrogen) atoms. The SMILES string of the molecule is NNc1ncc(C(=O)NC2CCS(=O)(=O)C2)cc1Cl. The molecule has 0 radical (unpaired) electrons. The van der Waals surface area contributed by atoms with Crippen molar-refractivity contribution in [3.8, 4) is 0 Å². The van der Waals surface area contributed by atoms with Crippen molar-refractivity contribution in [2.75, 3.05) is 16.9 Å². The number of rotatable bonds is 3. The van der Waals surface area contributed by atoms with Gasteiger partial charge in [-0.1, -0.05) is 11.6 Å². The number of anilines is 1. The number of pyridine rings is 1. The zero-order chi connectivity index (χ0) is 14.0. The number of nitrogens with one attached hydrogen (secondary N) is 2. The number of aromatic nitrogens is 1. The standard InChI is InChI=1S/C10H13ClN4O3S/c11-8-3-6(4-13-9(8)15-12)10(16)14-7-1-2-19(17,18)5-7/h3-4,7H,1-2,5,12H2,(H,13,15)(H,14,16). The van der Waals surface area contributed by atoms with Crippen LogP contribution < -0.4 is 16.6 Å². The van der Waals surface area contributed by atoms with E-state index in [9.17, 15) is 13.2 Å². The lowest BCUT2D eigenvalue weighted by atomic mass is 10.2.